The zero-order valence-corrected chi connectivity index (χ0v) is 11.7. The minimum absolute atomic E-state index is 0.198. The summed E-state index contributed by atoms with van der Waals surface area (Å²) < 4.78 is 38.4. The van der Waals surface area contributed by atoms with E-state index in [1.165, 1.54) is 0 Å². The van der Waals surface area contributed by atoms with E-state index in [2.05, 4.69) is 4.99 Å². The van der Waals surface area contributed by atoms with E-state index in [1.807, 2.05) is 0 Å². The molecular formula is C12H10ClF3N2OS. The average molecular weight is 323 g/mol. The number of nitrogen functional groups attached to an aromatic ring is 1. The fourth-order valence-electron chi connectivity index (χ4n) is 1.77. The predicted octanol–water partition coefficient (Wildman–Crippen LogP) is 3.66. The van der Waals surface area contributed by atoms with E-state index >= 15 is 0 Å². The molecule has 0 bridgehead atoms. The first-order chi connectivity index (χ1) is 9.29. The van der Waals surface area contributed by atoms with Gasteiger partial charge in [0.25, 0.3) is 5.91 Å². The molecule has 0 aliphatic carbocycles. The van der Waals surface area contributed by atoms with Gasteiger partial charge in [-0.25, -0.2) is 4.99 Å². The summed E-state index contributed by atoms with van der Waals surface area (Å²) >= 11 is 7.24. The van der Waals surface area contributed by atoms with Gasteiger partial charge in [-0.3, -0.25) is 4.79 Å². The molecule has 3 nitrogen and oxygen atoms in total. The maximum Gasteiger partial charge on any atom is 0.418 e. The lowest BCUT2D eigenvalue weighted by Crippen LogP contribution is -2.13. The van der Waals surface area contributed by atoms with Crippen LogP contribution in [0.2, 0.25) is 5.02 Å². The molecule has 20 heavy (non-hydrogen) atoms. The van der Waals surface area contributed by atoms with Gasteiger partial charge < -0.3 is 5.73 Å². The van der Waals surface area contributed by atoms with Crippen LogP contribution in [-0.2, 0) is 6.18 Å². The molecule has 1 fully saturated rings. The van der Waals surface area contributed by atoms with Gasteiger partial charge in [-0.15, -0.1) is 0 Å². The maximum absolute atomic E-state index is 12.8. The van der Waals surface area contributed by atoms with Crippen molar-refractivity contribution in [1.29, 1.82) is 0 Å². The molecule has 2 N–H and O–H groups in total. The summed E-state index contributed by atoms with van der Waals surface area (Å²) in [4.78, 5) is 15.8. The predicted molar refractivity (Wildman–Crippen MR) is 74.6 cm³/mol. The molecular weight excluding hydrogens is 313 g/mol. The quantitative estimate of drug-likeness (QED) is 0.803. The molecule has 0 spiro atoms. The molecule has 1 aliphatic heterocycles. The van der Waals surface area contributed by atoms with Crippen molar-refractivity contribution in [2.45, 2.75) is 12.6 Å². The summed E-state index contributed by atoms with van der Waals surface area (Å²) in [6.45, 7) is 0. The van der Waals surface area contributed by atoms with Crippen molar-refractivity contribution in [3.05, 3.63) is 28.3 Å². The molecule has 0 unspecified atom stereocenters. The second-order valence-corrected chi connectivity index (χ2v) is 5.74. The zero-order valence-electron chi connectivity index (χ0n) is 10.1. The van der Waals surface area contributed by atoms with Crippen LogP contribution < -0.4 is 5.73 Å². The summed E-state index contributed by atoms with van der Waals surface area (Å²) in [7, 11) is 0. The number of hydrogen-bond donors (Lipinski definition) is 1. The number of halogens is 4. The highest BCUT2D eigenvalue weighted by molar-refractivity contribution is 8.00. The lowest BCUT2D eigenvalue weighted by molar-refractivity contribution is -0.136. The highest BCUT2D eigenvalue weighted by atomic mass is 35.5. The van der Waals surface area contributed by atoms with Gasteiger partial charge in [-0.05, 0) is 24.3 Å². The number of nitrogens with zero attached hydrogens (tertiary/aromatic N) is 1. The van der Waals surface area contributed by atoms with Crippen molar-refractivity contribution in [2.75, 3.05) is 17.2 Å². The van der Waals surface area contributed by atoms with Gasteiger partial charge in [0.1, 0.15) is 0 Å². The third-order valence-corrected chi connectivity index (χ3v) is 3.99. The van der Waals surface area contributed by atoms with E-state index in [0.29, 0.717) is 24.0 Å². The molecule has 108 valence electrons. The Morgan fingerprint density at radius 2 is 2.10 bits per heavy atom. The highest BCUT2D eigenvalue weighted by Crippen LogP contribution is 2.37. The van der Waals surface area contributed by atoms with Gasteiger partial charge in [0, 0.05) is 16.5 Å². The van der Waals surface area contributed by atoms with Crippen LogP contribution in [0.25, 0.3) is 0 Å². The molecule has 2 rings (SSSR count). The van der Waals surface area contributed by atoms with Gasteiger partial charge in [-0.1, -0.05) is 11.6 Å². The number of alkyl halides is 3. The van der Waals surface area contributed by atoms with Crippen molar-refractivity contribution >= 4 is 40.7 Å². The molecule has 0 radical (unpaired) electrons. The molecule has 0 atom stereocenters. The van der Waals surface area contributed by atoms with Crippen molar-refractivity contribution < 1.29 is 18.0 Å². The molecule has 8 heteroatoms. The molecule has 0 aromatic heterocycles. The number of aliphatic imine (C=N–C) groups is 1. The number of amides is 1. The fraction of sp³-hybridized carbons (Fsp3) is 0.333. The van der Waals surface area contributed by atoms with Gasteiger partial charge >= 0.3 is 6.18 Å². The van der Waals surface area contributed by atoms with E-state index in [0.717, 1.165) is 11.8 Å². The van der Waals surface area contributed by atoms with E-state index in [1.54, 1.807) is 11.8 Å². The van der Waals surface area contributed by atoms with Crippen LogP contribution >= 0.6 is 23.4 Å². The summed E-state index contributed by atoms with van der Waals surface area (Å²) in [5.41, 5.74) is 4.04. The molecule has 1 saturated heterocycles. The van der Waals surface area contributed by atoms with Gasteiger partial charge in [0.05, 0.1) is 16.8 Å². The first-order valence-corrected chi connectivity index (χ1v) is 7.17. The summed E-state index contributed by atoms with van der Waals surface area (Å²) in [5.74, 6) is 0.677. The van der Waals surface area contributed by atoms with Crippen molar-refractivity contribution in [2.24, 2.45) is 4.99 Å². The second kappa shape index (κ2) is 5.65. The van der Waals surface area contributed by atoms with Crippen molar-refractivity contribution in [3.63, 3.8) is 0 Å². The van der Waals surface area contributed by atoms with E-state index in [4.69, 9.17) is 17.3 Å². The van der Waals surface area contributed by atoms with Crippen LogP contribution in [0, 0.1) is 0 Å². The molecule has 1 aliphatic rings. The number of anilines is 1. The van der Waals surface area contributed by atoms with Gasteiger partial charge in [-0.2, -0.15) is 24.9 Å². The van der Waals surface area contributed by atoms with Crippen LogP contribution in [-0.4, -0.2) is 23.1 Å². The number of rotatable bonds is 1. The molecule has 1 aromatic rings. The van der Waals surface area contributed by atoms with E-state index in [9.17, 15) is 18.0 Å². The lowest BCUT2D eigenvalue weighted by Gasteiger charge is -2.13. The highest BCUT2D eigenvalue weighted by Gasteiger charge is 2.35. The van der Waals surface area contributed by atoms with Gasteiger partial charge in [0.2, 0.25) is 0 Å². The standard InChI is InChI=1S/C12H10ClF3N2OS/c13-6-3-8(10(17)9(4-6)12(14,15)16)11(19)18-7-1-2-20-5-7/h3-4H,1-2,5,17H2. The number of hydrogen-bond acceptors (Lipinski definition) is 3. The number of carbonyl (C=O) groups excluding carboxylic acids is 1. The number of nitrogens with two attached hydrogens (primary N) is 1. The average Bonchev–Trinajstić information content (AvgIpc) is 2.83. The first kappa shape index (κ1) is 15.2. The monoisotopic (exact) mass is 322 g/mol. The Kier molecular flexibility index (Phi) is 4.29. The Hall–Kier alpha value is -1.21. The molecule has 1 heterocycles. The Balaban J connectivity index is 2.44. The van der Waals surface area contributed by atoms with Crippen LogP contribution in [0.5, 0.6) is 0 Å². The number of thioether (sulfide) groups is 1. The smallest absolute Gasteiger partial charge is 0.398 e. The van der Waals surface area contributed by atoms with Crippen LogP contribution in [0.15, 0.2) is 17.1 Å². The summed E-state index contributed by atoms with van der Waals surface area (Å²) in [6, 6.07) is 1.81. The van der Waals surface area contributed by atoms with E-state index in [-0.39, 0.29) is 10.6 Å². The normalized spacial score (nSPS) is 17.7. The molecule has 0 saturated carbocycles. The van der Waals surface area contributed by atoms with Crippen LogP contribution in [0.1, 0.15) is 22.3 Å². The third kappa shape index (κ3) is 3.27. The largest absolute Gasteiger partial charge is 0.418 e. The van der Waals surface area contributed by atoms with Crippen molar-refractivity contribution in [3.8, 4) is 0 Å². The van der Waals surface area contributed by atoms with E-state index < -0.39 is 23.3 Å². The Labute approximate surface area is 122 Å². The minimum Gasteiger partial charge on any atom is -0.398 e. The van der Waals surface area contributed by atoms with Crippen molar-refractivity contribution in [1.82, 2.24) is 0 Å². The Morgan fingerprint density at radius 1 is 1.40 bits per heavy atom. The van der Waals surface area contributed by atoms with Gasteiger partial charge in [0.15, 0.2) is 0 Å². The van der Waals surface area contributed by atoms with Crippen LogP contribution in [0.4, 0.5) is 18.9 Å². The maximum atomic E-state index is 12.8. The summed E-state index contributed by atoms with van der Waals surface area (Å²) in [5, 5.41) is -0.198. The number of benzene rings is 1. The Morgan fingerprint density at radius 3 is 2.65 bits per heavy atom. The topological polar surface area (TPSA) is 55.5 Å². The third-order valence-electron chi connectivity index (χ3n) is 2.74. The molecule has 1 aromatic carbocycles. The zero-order chi connectivity index (χ0) is 14.9. The SMILES string of the molecule is Nc1c(C(=O)N=C2CCSC2)cc(Cl)cc1C(F)(F)F. The number of carbonyl (C=O) groups is 1. The molecule has 1 amide bonds. The first-order valence-electron chi connectivity index (χ1n) is 5.64. The lowest BCUT2D eigenvalue weighted by atomic mass is 10.1. The minimum atomic E-state index is -4.67. The van der Waals surface area contributed by atoms with Crippen LogP contribution in [0.3, 0.4) is 0 Å². The fourth-order valence-corrected chi connectivity index (χ4v) is 2.96. The summed E-state index contributed by atoms with van der Waals surface area (Å²) in [6.07, 6.45) is -4.01. The Bertz CT molecular complexity index is 579. The second-order valence-electron chi connectivity index (χ2n) is 4.20.